The molecule has 0 radical (unpaired) electrons. The van der Waals surface area contributed by atoms with Crippen LogP contribution in [0, 0.1) is 0 Å². The molecule has 3 nitrogen and oxygen atoms in total. The van der Waals surface area contributed by atoms with E-state index in [1.165, 1.54) is 5.56 Å². The van der Waals surface area contributed by atoms with Gasteiger partial charge in [0.15, 0.2) is 0 Å². The number of aliphatic hydroxyl groups is 1. The Hall–Kier alpha value is -2.39. The summed E-state index contributed by atoms with van der Waals surface area (Å²) in [5.74, 6) is 0.927. The van der Waals surface area contributed by atoms with Crippen LogP contribution in [0.4, 0.5) is 0 Å². The molecule has 0 saturated heterocycles. The minimum Gasteiger partial charge on any atom is -0.396 e. The number of fused-ring (bicyclic) bond motifs is 1. The van der Waals surface area contributed by atoms with E-state index in [0.29, 0.717) is 6.42 Å². The molecule has 2 aromatic carbocycles. The number of para-hydroxylation sites is 2. The number of aliphatic hydroxyl groups excluding tert-OH is 1. The lowest BCUT2D eigenvalue weighted by Gasteiger charge is -2.05. The molecule has 0 saturated carbocycles. The number of hydrogen-bond acceptors (Lipinski definition) is 2. The smallest absolute Gasteiger partial charge is 0.112 e. The van der Waals surface area contributed by atoms with Crippen molar-refractivity contribution in [1.82, 2.24) is 9.55 Å². The van der Waals surface area contributed by atoms with Gasteiger partial charge in [-0.05, 0) is 17.7 Å². The van der Waals surface area contributed by atoms with Crippen molar-refractivity contribution in [2.75, 3.05) is 6.61 Å². The van der Waals surface area contributed by atoms with Gasteiger partial charge < -0.3 is 9.67 Å². The predicted molar refractivity (Wildman–Crippen MR) is 86.0 cm³/mol. The highest BCUT2D eigenvalue weighted by molar-refractivity contribution is 5.76. The Morgan fingerprint density at radius 1 is 1.00 bits per heavy atom. The van der Waals surface area contributed by atoms with E-state index in [-0.39, 0.29) is 6.61 Å². The number of aromatic nitrogens is 2. The Bertz CT molecular complexity index is 744. The highest BCUT2D eigenvalue weighted by atomic mass is 16.3. The molecule has 1 N–H and O–H groups in total. The summed E-state index contributed by atoms with van der Waals surface area (Å²) in [7, 11) is 0. The lowest BCUT2D eigenvalue weighted by molar-refractivity contribution is 0.295. The molecule has 0 atom stereocenters. The van der Waals surface area contributed by atoms with Gasteiger partial charge in [0, 0.05) is 13.0 Å². The average molecular weight is 278 g/mol. The van der Waals surface area contributed by atoms with E-state index in [2.05, 4.69) is 39.9 Å². The van der Waals surface area contributed by atoms with Crippen LogP contribution in [-0.2, 0) is 13.0 Å². The maximum absolute atomic E-state index is 9.20. The van der Waals surface area contributed by atoms with Gasteiger partial charge >= 0.3 is 0 Å². The number of imidazole rings is 1. The third kappa shape index (κ3) is 3.03. The molecule has 0 unspecified atom stereocenters. The zero-order chi connectivity index (χ0) is 14.5. The fraction of sp³-hybridized carbons (Fsp3) is 0.167. The Kier molecular flexibility index (Phi) is 4.12. The first-order valence-electron chi connectivity index (χ1n) is 7.15. The van der Waals surface area contributed by atoms with Crippen LogP contribution in [0.1, 0.15) is 11.4 Å². The third-order valence-electron chi connectivity index (χ3n) is 3.47. The molecule has 0 aliphatic heterocycles. The fourth-order valence-electron chi connectivity index (χ4n) is 2.48. The molecule has 21 heavy (non-hydrogen) atoms. The van der Waals surface area contributed by atoms with Gasteiger partial charge in [0.1, 0.15) is 5.82 Å². The summed E-state index contributed by atoms with van der Waals surface area (Å²) in [6.45, 7) is 0.871. The van der Waals surface area contributed by atoms with Crippen molar-refractivity contribution >= 4 is 17.1 Å². The molecule has 3 aromatic rings. The van der Waals surface area contributed by atoms with Gasteiger partial charge in [-0.25, -0.2) is 4.98 Å². The van der Waals surface area contributed by atoms with Crippen LogP contribution < -0.4 is 0 Å². The molecule has 1 aromatic heterocycles. The molecule has 106 valence electrons. The molecule has 0 aliphatic carbocycles. The second kappa shape index (κ2) is 6.37. The first kappa shape index (κ1) is 13.6. The van der Waals surface area contributed by atoms with E-state index in [1.807, 2.05) is 36.4 Å². The summed E-state index contributed by atoms with van der Waals surface area (Å²) in [4.78, 5) is 4.60. The van der Waals surface area contributed by atoms with Gasteiger partial charge in [-0.15, -0.1) is 0 Å². The zero-order valence-corrected chi connectivity index (χ0v) is 11.8. The van der Waals surface area contributed by atoms with Crippen molar-refractivity contribution in [2.24, 2.45) is 0 Å². The molecular formula is C18H18N2O. The van der Waals surface area contributed by atoms with E-state index in [4.69, 9.17) is 0 Å². The van der Waals surface area contributed by atoms with Crippen LogP contribution in [0.5, 0.6) is 0 Å². The summed E-state index contributed by atoms with van der Waals surface area (Å²) in [5.41, 5.74) is 3.28. The molecule has 0 amide bonds. The Labute approximate surface area is 124 Å². The second-order valence-corrected chi connectivity index (χ2v) is 4.91. The fourth-order valence-corrected chi connectivity index (χ4v) is 2.48. The number of rotatable bonds is 5. The Morgan fingerprint density at radius 3 is 2.57 bits per heavy atom. The second-order valence-electron chi connectivity index (χ2n) is 4.91. The van der Waals surface area contributed by atoms with Crippen molar-refractivity contribution in [3.63, 3.8) is 0 Å². The van der Waals surface area contributed by atoms with E-state index >= 15 is 0 Å². The maximum atomic E-state index is 9.20. The van der Waals surface area contributed by atoms with E-state index < -0.39 is 0 Å². The number of hydrogen-bond donors (Lipinski definition) is 1. The van der Waals surface area contributed by atoms with Gasteiger partial charge in [-0.3, -0.25) is 0 Å². The van der Waals surface area contributed by atoms with Crippen LogP contribution in [0.15, 0.2) is 60.7 Å². The van der Waals surface area contributed by atoms with Crippen LogP contribution in [0.2, 0.25) is 0 Å². The molecule has 0 spiro atoms. The Morgan fingerprint density at radius 2 is 1.76 bits per heavy atom. The summed E-state index contributed by atoms with van der Waals surface area (Å²) in [6.07, 6.45) is 4.82. The van der Waals surface area contributed by atoms with Crippen LogP contribution in [0.3, 0.4) is 0 Å². The average Bonchev–Trinajstić information content (AvgIpc) is 2.87. The largest absolute Gasteiger partial charge is 0.396 e. The van der Waals surface area contributed by atoms with Crippen molar-refractivity contribution in [2.45, 2.75) is 13.0 Å². The molecular weight excluding hydrogens is 260 g/mol. The predicted octanol–water partition coefficient (Wildman–Crippen LogP) is 3.28. The quantitative estimate of drug-likeness (QED) is 0.777. The SMILES string of the molecule is OCCc1nc2ccccc2n1C/C=C/c1ccccc1. The number of allylic oxidation sites excluding steroid dienone is 1. The monoisotopic (exact) mass is 278 g/mol. The van der Waals surface area contributed by atoms with Crippen molar-refractivity contribution in [3.8, 4) is 0 Å². The molecule has 3 heteroatoms. The van der Waals surface area contributed by atoms with Crippen molar-refractivity contribution in [1.29, 1.82) is 0 Å². The van der Waals surface area contributed by atoms with Crippen LogP contribution >= 0.6 is 0 Å². The summed E-state index contributed by atoms with van der Waals surface area (Å²) in [6, 6.07) is 18.3. The molecule has 1 heterocycles. The van der Waals surface area contributed by atoms with Crippen LogP contribution in [-0.4, -0.2) is 21.3 Å². The van der Waals surface area contributed by atoms with E-state index in [9.17, 15) is 5.11 Å². The highest BCUT2D eigenvalue weighted by Crippen LogP contribution is 2.16. The minimum atomic E-state index is 0.117. The third-order valence-corrected chi connectivity index (χ3v) is 3.47. The molecule has 0 bridgehead atoms. The standard InChI is InChI=1S/C18H18N2O/c21-14-12-18-19-16-10-4-5-11-17(16)20(18)13-6-9-15-7-2-1-3-8-15/h1-11,21H,12-14H2/b9-6+. The highest BCUT2D eigenvalue weighted by Gasteiger charge is 2.08. The number of nitrogens with zero attached hydrogens (tertiary/aromatic N) is 2. The van der Waals surface area contributed by atoms with Gasteiger partial charge in [-0.2, -0.15) is 0 Å². The zero-order valence-electron chi connectivity index (χ0n) is 11.8. The van der Waals surface area contributed by atoms with Gasteiger partial charge in [0.05, 0.1) is 17.6 Å². The first-order chi connectivity index (χ1) is 10.4. The van der Waals surface area contributed by atoms with E-state index in [0.717, 1.165) is 23.4 Å². The normalized spacial score (nSPS) is 11.5. The van der Waals surface area contributed by atoms with E-state index in [1.54, 1.807) is 0 Å². The van der Waals surface area contributed by atoms with Crippen LogP contribution in [0.25, 0.3) is 17.1 Å². The summed E-state index contributed by atoms with van der Waals surface area (Å²) < 4.78 is 2.16. The lowest BCUT2D eigenvalue weighted by atomic mass is 10.2. The van der Waals surface area contributed by atoms with Crippen molar-refractivity contribution < 1.29 is 5.11 Å². The molecule has 3 rings (SSSR count). The molecule has 0 fully saturated rings. The lowest BCUT2D eigenvalue weighted by Crippen LogP contribution is -2.04. The molecule has 0 aliphatic rings. The summed E-state index contributed by atoms with van der Waals surface area (Å²) >= 11 is 0. The Balaban J connectivity index is 1.88. The minimum absolute atomic E-state index is 0.117. The van der Waals surface area contributed by atoms with Gasteiger partial charge in [-0.1, -0.05) is 54.6 Å². The topological polar surface area (TPSA) is 38.1 Å². The van der Waals surface area contributed by atoms with Gasteiger partial charge in [0.25, 0.3) is 0 Å². The van der Waals surface area contributed by atoms with Gasteiger partial charge in [0.2, 0.25) is 0 Å². The summed E-state index contributed by atoms with van der Waals surface area (Å²) in [5, 5.41) is 9.20. The maximum Gasteiger partial charge on any atom is 0.112 e. The van der Waals surface area contributed by atoms with Crippen molar-refractivity contribution in [3.05, 3.63) is 72.1 Å². The number of benzene rings is 2. The first-order valence-corrected chi connectivity index (χ1v) is 7.15.